The van der Waals surface area contributed by atoms with E-state index in [1.165, 1.54) is 17.3 Å². The predicted octanol–water partition coefficient (Wildman–Crippen LogP) is 4.04. The molecule has 1 saturated heterocycles. The number of hydrogen-bond acceptors (Lipinski definition) is 5. The Morgan fingerprint density at radius 3 is 2.71 bits per heavy atom. The molecule has 0 spiro atoms. The zero-order chi connectivity index (χ0) is 16.9. The van der Waals surface area contributed by atoms with Crippen LogP contribution in [-0.2, 0) is 11.2 Å². The van der Waals surface area contributed by atoms with Crippen LogP contribution in [0.2, 0.25) is 0 Å². The summed E-state index contributed by atoms with van der Waals surface area (Å²) in [6.07, 6.45) is 2.39. The van der Waals surface area contributed by atoms with Crippen LogP contribution in [0, 0.1) is 0 Å². The Hall–Kier alpha value is -1.92. The summed E-state index contributed by atoms with van der Waals surface area (Å²) in [5, 5.41) is 13.3. The lowest BCUT2D eigenvalue weighted by atomic mass is 10.0. The van der Waals surface area contributed by atoms with E-state index in [1.807, 2.05) is 17.5 Å². The molecule has 2 heterocycles. The highest BCUT2D eigenvalue weighted by Gasteiger charge is 2.30. The van der Waals surface area contributed by atoms with E-state index in [0.717, 1.165) is 10.4 Å². The number of thiophene rings is 1. The van der Waals surface area contributed by atoms with Gasteiger partial charge in [-0.05, 0) is 34.9 Å². The highest BCUT2D eigenvalue weighted by molar-refractivity contribution is 8.15. The Kier molecular flexibility index (Phi) is 5.48. The van der Waals surface area contributed by atoms with Crippen molar-refractivity contribution in [3.63, 3.8) is 0 Å². The number of amidine groups is 1. The lowest BCUT2D eigenvalue weighted by Gasteiger charge is -2.08. The fraction of sp³-hybridized carbons (Fsp3) is 0.278. The third-order valence-corrected chi connectivity index (χ3v) is 5.60. The molecule has 1 aromatic heterocycles. The molecule has 6 heteroatoms. The number of carbonyl (C=O) groups excluding carboxylic acids is 1. The lowest BCUT2D eigenvalue weighted by molar-refractivity contribution is -0.118. The zero-order valence-corrected chi connectivity index (χ0v) is 15.2. The summed E-state index contributed by atoms with van der Waals surface area (Å²) in [7, 11) is 0. The Balaban J connectivity index is 1.60. The van der Waals surface area contributed by atoms with Gasteiger partial charge in [0.1, 0.15) is 0 Å². The first kappa shape index (κ1) is 16.9. The van der Waals surface area contributed by atoms with Crippen molar-refractivity contribution < 1.29 is 4.79 Å². The van der Waals surface area contributed by atoms with Crippen molar-refractivity contribution in [3.8, 4) is 0 Å². The van der Waals surface area contributed by atoms with Gasteiger partial charge in [0.25, 0.3) is 0 Å². The van der Waals surface area contributed by atoms with Gasteiger partial charge >= 0.3 is 0 Å². The van der Waals surface area contributed by atoms with Crippen LogP contribution in [-0.4, -0.2) is 22.5 Å². The summed E-state index contributed by atoms with van der Waals surface area (Å²) in [5.74, 6) is 0.515. The van der Waals surface area contributed by atoms with Gasteiger partial charge in [-0.2, -0.15) is 5.10 Å². The van der Waals surface area contributed by atoms with Gasteiger partial charge in [-0.25, -0.2) is 0 Å². The monoisotopic (exact) mass is 357 g/mol. The summed E-state index contributed by atoms with van der Waals surface area (Å²) in [5.41, 5.74) is 2.47. The maximum absolute atomic E-state index is 12.1. The Bertz CT molecular complexity index is 749. The fourth-order valence-corrected chi connectivity index (χ4v) is 3.89. The van der Waals surface area contributed by atoms with Crippen LogP contribution in [0.3, 0.4) is 0 Å². The number of nitrogens with one attached hydrogen (secondary N) is 1. The minimum atomic E-state index is -0.148. The second-order valence-electron chi connectivity index (χ2n) is 5.86. The number of thioether (sulfide) groups is 1. The van der Waals surface area contributed by atoms with E-state index in [1.54, 1.807) is 17.6 Å². The number of carbonyl (C=O) groups is 1. The average Bonchev–Trinajstić information content (AvgIpc) is 3.19. The van der Waals surface area contributed by atoms with Gasteiger partial charge in [0, 0.05) is 4.88 Å². The summed E-state index contributed by atoms with van der Waals surface area (Å²) in [4.78, 5) is 13.1. The normalized spacial score (nSPS) is 19.5. The van der Waals surface area contributed by atoms with Gasteiger partial charge in [0.15, 0.2) is 5.17 Å². The summed E-state index contributed by atoms with van der Waals surface area (Å²) < 4.78 is 0. The fourth-order valence-electron chi connectivity index (χ4n) is 2.34. The lowest BCUT2D eigenvalue weighted by Crippen LogP contribution is -2.25. The summed E-state index contributed by atoms with van der Waals surface area (Å²) in [6.45, 7) is 4.35. The van der Waals surface area contributed by atoms with Gasteiger partial charge in [-0.3, -0.25) is 4.79 Å². The third kappa shape index (κ3) is 4.33. The largest absolute Gasteiger partial charge is 0.303 e. The van der Waals surface area contributed by atoms with Crippen LogP contribution in [0.4, 0.5) is 0 Å². The Morgan fingerprint density at radius 1 is 1.25 bits per heavy atom. The van der Waals surface area contributed by atoms with E-state index >= 15 is 0 Å². The molecule has 1 fully saturated rings. The van der Waals surface area contributed by atoms with Crippen LogP contribution < -0.4 is 5.32 Å². The number of nitrogens with zero attached hydrogens (tertiary/aromatic N) is 2. The van der Waals surface area contributed by atoms with Crippen molar-refractivity contribution >= 4 is 40.4 Å². The van der Waals surface area contributed by atoms with Gasteiger partial charge in [-0.15, -0.1) is 16.4 Å². The average molecular weight is 358 g/mol. The van der Waals surface area contributed by atoms with Gasteiger partial charge in [-0.1, -0.05) is 55.9 Å². The van der Waals surface area contributed by atoms with Crippen LogP contribution in [0.5, 0.6) is 0 Å². The molecule has 1 N–H and O–H groups in total. The van der Waals surface area contributed by atoms with E-state index in [-0.39, 0.29) is 11.2 Å². The first-order valence-corrected chi connectivity index (χ1v) is 9.58. The first-order chi connectivity index (χ1) is 11.6. The Morgan fingerprint density at radius 2 is 2.04 bits per heavy atom. The molecule has 1 aromatic carbocycles. The molecule has 0 aliphatic carbocycles. The number of rotatable bonds is 5. The van der Waals surface area contributed by atoms with Crippen LogP contribution >= 0.6 is 23.1 Å². The number of benzene rings is 1. The predicted molar refractivity (Wildman–Crippen MR) is 103 cm³/mol. The minimum absolute atomic E-state index is 0.00184. The van der Waals surface area contributed by atoms with E-state index < -0.39 is 0 Å². The minimum Gasteiger partial charge on any atom is -0.303 e. The summed E-state index contributed by atoms with van der Waals surface area (Å²) in [6, 6.07) is 12.4. The molecule has 1 aliphatic rings. The van der Waals surface area contributed by atoms with Crippen LogP contribution in [0.25, 0.3) is 0 Å². The molecule has 1 unspecified atom stereocenters. The smallest absolute Gasteiger partial charge is 0.239 e. The number of hydrogen-bond donors (Lipinski definition) is 1. The highest BCUT2D eigenvalue weighted by atomic mass is 32.2. The van der Waals surface area contributed by atoms with Gasteiger partial charge < -0.3 is 5.32 Å². The van der Waals surface area contributed by atoms with Crippen molar-refractivity contribution in [2.45, 2.75) is 31.4 Å². The quantitative estimate of drug-likeness (QED) is 0.649. The summed E-state index contributed by atoms with van der Waals surface area (Å²) >= 11 is 3.04. The highest BCUT2D eigenvalue weighted by Crippen LogP contribution is 2.24. The zero-order valence-electron chi connectivity index (χ0n) is 13.6. The van der Waals surface area contributed by atoms with E-state index in [9.17, 15) is 4.79 Å². The molecule has 0 bridgehead atoms. The number of amides is 1. The molecule has 1 amide bonds. The molecule has 124 valence electrons. The molecule has 1 atom stereocenters. The molecule has 1 aliphatic heterocycles. The SMILES string of the molecule is CC(C)c1ccc(CC2S/C(=N/N=Cc3cccs3)NC2=O)cc1. The molecule has 24 heavy (non-hydrogen) atoms. The van der Waals surface area contributed by atoms with Crippen molar-refractivity contribution in [2.24, 2.45) is 10.2 Å². The molecule has 4 nitrogen and oxygen atoms in total. The van der Waals surface area contributed by atoms with E-state index in [2.05, 4.69) is 53.6 Å². The molecule has 3 rings (SSSR count). The van der Waals surface area contributed by atoms with Crippen molar-refractivity contribution in [1.29, 1.82) is 0 Å². The Labute approximate surface area is 150 Å². The molecule has 0 radical (unpaired) electrons. The van der Waals surface area contributed by atoms with Gasteiger partial charge in [0.2, 0.25) is 5.91 Å². The maximum Gasteiger partial charge on any atom is 0.239 e. The first-order valence-electron chi connectivity index (χ1n) is 7.82. The molecular weight excluding hydrogens is 338 g/mol. The molecule has 0 saturated carbocycles. The van der Waals surface area contributed by atoms with Crippen LogP contribution in [0.1, 0.15) is 35.8 Å². The standard InChI is InChI=1S/C18H19N3OS2/c1-12(2)14-7-5-13(6-8-14)10-16-17(22)20-18(24-16)21-19-11-15-4-3-9-23-15/h3-9,11-12,16H,10H2,1-2H3,(H,20,21,22). The molecule has 2 aromatic rings. The van der Waals surface area contributed by atoms with E-state index in [0.29, 0.717) is 17.5 Å². The van der Waals surface area contributed by atoms with Crippen molar-refractivity contribution in [1.82, 2.24) is 5.32 Å². The van der Waals surface area contributed by atoms with Crippen LogP contribution in [0.15, 0.2) is 52.0 Å². The topological polar surface area (TPSA) is 53.8 Å². The maximum atomic E-state index is 12.1. The second-order valence-corrected chi connectivity index (χ2v) is 8.03. The van der Waals surface area contributed by atoms with Gasteiger partial charge in [0.05, 0.1) is 11.5 Å². The van der Waals surface area contributed by atoms with E-state index in [4.69, 9.17) is 0 Å². The van der Waals surface area contributed by atoms with Crippen molar-refractivity contribution in [2.75, 3.05) is 0 Å². The second kappa shape index (κ2) is 7.77. The van der Waals surface area contributed by atoms with Crippen molar-refractivity contribution in [3.05, 3.63) is 57.8 Å². The third-order valence-electron chi connectivity index (χ3n) is 3.72. The molecular formula is C18H19N3OS2.